The van der Waals surface area contributed by atoms with Crippen molar-refractivity contribution in [1.82, 2.24) is 10.6 Å². The van der Waals surface area contributed by atoms with Crippen molar-refractivity contribution in [2.45, 2.75) is 45.7 Å². The van der Waals surface area contributed by atoms with Gasteiger partial charge in [-0.25, -0.2) is 0 Å². The molecule has 1 aromatic rings. The molecule has 128 valence electrons. The van der Waals surface area contributed by atoms with E-state index in [1.807, 2.05) is 26.0 Å². The van der Waals surface area contributed by atoms with Crippen molar-refractivity contribution in [3.63, 3.8) is 0 Å². The lowest BCUT2D eigenvalue weighted by atomic mass is 10.0. The Morgan fingerprint density at radius 3 is 2.52 bits per heavy atom. The first-order chi connectivity index (χ1) is 11.0. The predicted molar refractivity (Wildman–Crippen MR) is 86.8 cm³/mol. The largest absolute Gasteiger partial charge is 0.463 e. The number of nitrogens with one attached hydrogen (secondary N) is 3. The minimum absolute atomic E-state index is 0.0418. The third-order valence-electron chi connectivity index (χ3n) is 4.41. The lowest BCUT2D eigenvalue weighted by Gasteiger charge is -2.25. The fourth-order valence-electron chi connectivity index (χ4n) is 3.18. The third-order valence-corrected chi connectivity index (χ3v) is 4.41. The van der Waals surface area contributed by atoms with Crippen molar-refractivity contribution in [2.24, 2.45) is 5.92 Å². The highest BCUT2D eigenvalue weighted by Crippen LogP contribution is 2.12. The summed E-state index contributed by atoms with van der Waals surface area (Å²) in [5, 5.41) is 5.73. The topological polar surface area (TPSA) is 75.8 Å². The standard InChI is InChI=1S/C17H27N3O3/c1-12(2)16(19-13(3)21)17(22)18-11-14(15-7-6-10-23-15)20-8-4-5-9-20/h6-7,10,12,14,16H,4-5,8-9,11H2,1-3H3,(H,18,22)(H,19,21)/p+1/t14-,16-/m1/s1. The van der Waals surface area contributed by atoms with Crippen LogP contribution < -0.4 is 15.5 Å². The zero-order valence-corrected chi connectivity index (χ0v) is 14.2. The van der Waals surface area contributed by atoms with E-state index in [9.17, 15) is 9.59 Å². The molecule has 0 spiro atoms. The summed E-state index contributed by atoms with van der Waals surface area (Å²) in [4.78, 5) is 25.2. The van der Waals surface area contributed by atoms with Crippen LogP contribution in [-0.2, 0) is 9.59 Å². The molecule has 1 fully saturated rings. The Labute approximate surface area is 137 Å². The molecule has 2 amide bonds. The van der Waals surface area contributed by atoms with Crippen LogP contribution in [-0.4, -0.2) is 37.5 Å². The molecule has 0 radical (unpaired) electrons. The van der Waals surface area contributed by atoms with Gasteiger partial charge in [0.25, 0.3) is 0 Å². The van der Waals surface area contributed by atoms with Crippen LogP contribution in [0.25, 0.3) is 0 Å². The summed E-state index contributed by atoms with van der Waals surface area (Å²) >= 11 is 0. The average Bonchev–Trinajstić information content (AvgIpc) is 3.17. The summed E-state index contributed by atoms with van der Waals surface area (Å²) < 4.78 is 5.57. The minimum Gasteiger partial charge on any atom is -0.463 e. The van der Waals surface area contributed by atoms with Crippen LogP contribution in [0.2, 0.25) is 0 Å². The van der Waals surface area contributed by atoms with Gasteiger partial charge in [-0.1, -0.05) is 13.8 Å². The van der Waals surface area contributed by atoms with E-state index in [1.54, 1.807) is 6.26 Å². The third kappa shape index (κ3) is 4.82. The number of carbonyl (C=O) groups excluding carboxylic acids is 2. The molecular formula is C17H28N3O3+. The van der Waals surface area contributed by atoms with E-state index in [0.717, 1.165) is 18.8 Å². The van der Waals surface area contributed by atoms with Gasteiger partial charge in [0.1, 0.15) is 6.04 Å². The van der Waals surface area contributed by atoms with Gasteiger partial charge in [0, 0.05) is 19.8 Å². The van der Waals surface area contributed by atoms with Gasteiger partial charge in [-0.3, -0.25) is 9.59 Å². The molecule has 1 aliphatic heterocycles. The highest BCUT2D eigenvalue weighted by atomic mass is 16.3. The summed E-state index contributed by atoms with van der Waals surface area (Å²) in [5.41, 5.74) is 0. The summed E-state index contributed by atoms with van der Waals surface area (Å²) in [6.45, 7) is 8.00. The number of hydrogen-bond donors (Lipinski definition) is 3. The molecule has 1 aromatic heterocycles. The Balaban J connectivity index is 1.99. The van der Waals surface area contributed by atoms with Gasteiger partial charge in [-0.2, -0.15) is 0 Å². The number of amides is 2. The first-order valence-electron chi connectivity index (χ1n) is 8.42. The van der Waals surface area contributed by atoms with Gasteiger partial charge < -0.3 is 20.0 Å². The van der Waals surface area contributed by atoms with E-state index in [2.05, 4.69) is 10.6 Å². The minimum atomic E-state index is -0.502. The van der Waals surface area contributed by atoms with Crippen molar-refractivity contribution in [3.05, 3.63) is 24.2 Å². The van der Waals surface area contributed by atoms with Crippen molar-refractivity contribution >= 4 is 11.8 Å². The van der Waals surface area contributed by atoms with Crippen LogP contribution in [0.3, 0.4) is 0 Å². The lowest BCUT2D eigenvalue weighted by molar-refractivity contribution is -0.919. The van der Waals surface area contributed by atoms with Crippen LogP contribution in [0.15, 0.2) is 22.8 Å². The second-order valence-corrected chi connectivity index (χ2v) is 6.60. The first-order valence-corrected chi connectivity index (χ1v) is 8.42. The average molecular weight is 322 g/mol. The van der Waals surface area contributed by atoms with E-state index in [0.29, 0.717) is 6.54 Å². The van der Waals surface area contributed by atoms with Crippen LogP contribution in [0.5, 0.6) is 0 Å². The Morgan fingerprint density at radius 1 is 1.30 bits per heavy atom. The summed E-state index contributed by atoms with van der Waals surface area (Å²) in [7, 11) is 0. The number of likely N-dealkylation sites (tertiary alicyclic amines) is 1. The van der Waals surface area contributed by atoms with E-state index >= 15 is 0 Å². The molecule has 0 saturated carbocycles. The summed E-state index contributed by atoms with van der Waals surface area (Å²) in [6, 6.07) is 3.48. The molecule has 3 N–H and O–H groups in total. The zero-order valence-electron chi connectivity index (χ0n) is 14.2. The van der Waals surface area contributed by atoms with Crippen LogP contribution in [0, 0.1) is 5.92 Å². The SMILES string of the molecule is CC(=O)N[C@@H](C(=O)NC[C@H](c1ccco1)[NH+]1CCCC1)C(C)C. The highest BCUT2D eigenvalue weighted by molar-refractivity contribution is 5.87. The fraction of sp³-hybridized carbons (Fsp3) is 0.647. The maximum Gasteiger partial charge on any atom is 0.243 e. The van der Waals surface area contributed by atoms with Gasteiger partial charge in [0.15, 0.2) is 11.8 Å². The number of quaternary nitrogens is 1. The van der Waals surface area contributed by atoms with E-state index < -0.39 is 6.04 Å². The molecule has 2 heterocycles. The first kappa shape index (κ1) is 17.5. The molecule has 0 bridgehead atoms. The van der Waals surface area contributed by atoms with Gasteiger partial charge >= 0.3 is 0 Å². The van der Waals surface area contributed by atoms with Crippen molar-refractivity contribution in [2.75, 3.05) is 19.6 Å². The number of hydrogen-bond acceptors (Lipinski definition) is 3. The zero-order chi connectivity index (χ0) is 16.8. The van der Waals surface area contributed by atoms with Crippen LogP contribution >= 0.6 is 0 Å². The van der Waals surface area contributed by atoms with Gasteiger partial charge in [0.05, 0.1) is 25.9 Å². The van der Waals surface area contributed by atoms with E-state index in [-0.39, 0.29) is 23.8 Å². The Bertz CT molecular complexity index is 507. The van der Waals surface area contributed by atoms with Gasteiger partial charge in [0.2, 0.25) is 11.8 Å². The fourth-order valence-corrected chi connectivity index (χ4v) is 3.18. The Morgan fingerprint density at radius 2 is 2.00 bits per heavy atom. The van der Waals surface area contributed by atoms with E-state index in [1.165, 1.54) is 24.7 Å². The maximum atomic E-state index is 12.4. The smallest absolute Gasteiger partial charge is 0.243 e. The number of furan rings is 1. The van der Waals surface area contributed by atoms with Crippen LogP contribution in [0.1, 0.15) is 45.4 Å². The second-order valence-electron chi connectivity index (χ2n) is 6.60. The molecule has 2 rings (SSSR count). The van der Waals surface area contributed by atoms with Crippen molar-refractivity contribution in [1.29, 1.82) is 0 Å². The molecule has 23 heavy (non-hydrogen) atoms. The van der Waals surface area contributed by atoms with Gasteiger partial charge in [-0.15, -0.1) is 0 Å². The normalized spacial score (nSPS) is 17.9. The number of carbonyl (C=O) groups is 2. The monoisotopic (exact) mass is 322 g/mol. The summed E-state index contributed by atoms with van der Waals surface area (Å²) in [6.07, 6.45) is 4.09. The van der Waals surface area contributed by atoms with Gasteiger partial charge in [-0.05, 0) is 18.1 Å². The quantitative estimate of drug-likeness (QED) is 0.675. The highest BCUT2D eigenvalue weighted by Gasteiger charge is 2.31. The second kappa shape index (κ2) is 8.15. The molecule has 6 heteroatoms. The van der Waals surface area contributed by atoms with Crippen LogP contribution in [0.4, 0.5) is 0 Å². The number of rotatable bonds is 7. The molecule has 0 unspecified atom stereocenters. The van der Waals surface area contributed by atoms with E-state index in [4.69, 9.17) is 4.42 Å². The Hall–Kier alpha value is -1.82. The summed E-state index contributed by atoms with van der Waals surface area (Å²) in [5.74, 6) is 0.625. The lowest BCUT2D eigenvalue weighted by Crippen LogP contribution is -3.11. The molecule has 0 aromatic carbocycles. The maximum absolute atomic E-state index is 12.4. The predicted octanol–water partition coefficient (Wildman–Crippen LogP) is 0.276. The van der Waals surface area contributed by atoms with Crippen molar-refractivity contribution < 1.29 is 18.9 Å². The molecular weight excluding hydrogens is 294 g/mol. The molecule has 0 aliphatic carbocycles. The molecule has 6 nitrogen and oxygen atoms in total. The van der Waals surface area contributed by atoms with Crippen molar-refractivity contribution in [3.8, 4) is 0 Å². The molecule has 1 aliphatic rings. The Kier molecular flexibility index (Phi) is 6.21. The molecule has 1 saturated heterocycles. The molecule has 2 atom stereocenters.